The van der Waals surface area contributed by atoms with Gasteiger partial charge in [-0.25, -0.2) is 4.98 Å². The van der Waals surface area contributed by atoms with E-state index in [-0.39, 0.29) is 17.9 Å². The Bertz CT molecular complexity index is 1020. The number of carbonyl (C=O) groups is 2. The largest absolute Gasteiger partial charge is 0.490 e. The summed E-state index contributed by atoms with van der Waals surface area (Å²) in [5.74, 6) is 0.380. The van der Waals surface area contributed by atoms with Crippen molar-refractivity contribution in [1.82, 2.24) is 15.8 Å². The minimum atomic E-state index is -0.499. The number of benzene rings is 1. The standard InChI is InChI=1S/C22H25N3O5S2/c1-4-28-16-10-14(11-17(29-5-2)20(16)30-6-3)21(27)25-24-19(26)12-15-13-32-22(23-15)18-8-7-9-31-18/h7-11,13H,4-6,12H2,1-3H3,(H,24,26)(H,25,27). The van der Waals surface area contributed by atoms with Crippen LogP contribution in [0.1, 0.15) is 36.8 Å². The van der Waals surface area contributed by atoms with Crippen molar-refractivity contribution in [3.63, 3.8) is 0 Å². The molecule has 2 N–H and O–H groups in total. The Morgan fingerprint density at radius 3 is 2.25 bits per heavy atom. The predicted octanol–water partition coefficient (Wildman–Crippen LogP) is 4.07. The van der Waals surface area contributed by atoms with Crippen LogP contribution in [-0.2, 0) is 11.2 Å². The van der Waals surface area contributed by atoms with Gasteiger partial charge in [-0.05, 0) is 44.4 Å². The Morgan fingerprint density at radius 1 is 0.969 bits per heavy atom. The number of hydrazine groups is 1. The highest BCUT2D eigenvalue weighted by Gasteiger charge is 2.19. The summed E-state index contributed by atoms with van der Waals surface area (Å²) in [5.41, 5.74) is 5.78. The second-order valence-electron chi connectivity index (χ2n) is 6.40. The van der Waals surface area contributed by atoms with Gasteiger partial charge >= 0.3 is 0 Å². The fourth-order valence-electron chi connectivity index (χ4n) is 2.83. The topological polar surface area (TPSA) is 98.8 Å². The first-order valence-electron chi connectivity index (χ1n) is 10.2. The first kappa shape index (κ1) is 23.6. The van der Waals surface area contributed by atoms with Crippen molar-refractivity contribution in [2.24, 2.45) is 0 Å². The van der Waals surface area contributed by atoms with E-state index in [9.17, 15) is 9.59 Å². The summed E-state index contributed by atoms with van der Waals surface area (Å²) in [7, 11) is 0. The third-order valence-corrected chi connectivity index (χ3v) is 6.04. The highest BCUT2D eigenvalue weighted by molar-refractivity contribution is 7.20. The lowest BCUT2D eigenvalue weighted by Crippen LogP contribution is -2.42. The molecule has 10 heteroatoms. The zero-order valence-electron chi connectivity index (χ0n) is 18.1. The maximum absolute atomic E-state index is 12.7. The van der Waals surface area contributed by atoms with Crippen LogP contribution in [0, 0.1) is 0 Å². The average Bonchev–Trinajstić information content (AvgIpc) is 3.46. The second-order valence-corrected chi connectivity index (χ2v) is 8.21. The number of aromatic nitrogens is 1. The van der Waals surface area contributed by atoms with Crippen molar-refractivity contribution < 1.29 is 23.8 Å². The highest BCUT2D eigenvalue weighted by atomic mass is 32.1. The van der Waals surface area contributed by atoms with Crippen LogP contribution >= 0.6 is 22.7 Å². The van der Waals surface area contributed by atoms with E-state index in [1.165, 1.54) is 11.3 Å². The van der Waals surface area contributed by atoms with Gasteiger partial charge < -0.3 is 14.2 Å². The van der Waals surface area contributed by atoms with Crippen molar-refractivity contribution in [3.8, 4) is 27.1 Å². The van der Waals surface area contributed by atoms with Gasteiger partial charge in [-0.2, -0.15) is 0 Å². The summed E-state index contributed by atoms with van der Waals surface area (Å²) in [6.45, 7) is 6.75. The molecule has 2 aromatic heterocycles. The number of nitrogens with one attached hydrogen (secondary N) is 2. The molecular weight excluding hydrogens is 450 g/mol. The van der Waals surface area contributed by atoms with E-state index in [4.69, 9.17) is 14.2 Å². The van der Waals surface area contributed by atoms with Gasteiger partial charge in [-0.15, -0.1) is 22.7 Å². The molecule has 2 heterocycles. The molecule has 32 heavy (non-hydrogen) atoms. The van der Waals surface area contributed by atoms with Gasteiger partial charge in [0.25, 0.3) is 5.91 Å². The van der Waals surface area contributed by atoms with E-state index < -0.39 is 5.91 Å². The van der Waals surface area contributed by atoms with Crippen LogP contribution in [0.5, 0.6) is 17.2 Å². The minimum Gasteiger partial charge on any atom is -0.490 e. The Morgan fingerprint density at radius 2 is 1.66 bits per heavy atom. The van der Waals surface area contributed by atoms with E-state index in [1.807, 2.05) is 43.7 Å². The fourth-order valence-corrected chi connectivity index (χ4v) is 4.46. The summed E-state index contributed by atoms with van der Waals surface area (Å²) in [6, 6.07) is 7.06. The van der Waals surface area contributed by atoms with Crippen LogP contribution in [0.4, 0.5) is 0 Å². The number of rotatable bonds is 10. The number of carbonyl (C=O) groups excluding carboxylic acids is 2. The molecule has 1 aromatic carbocycles. The lowest BCUT2D eigenvalue weighted by atomic mass is 10.1. The van der Waals surface area contributed by atoms with E-state index in [1.54, 1.807) is 23.5 Å². The van der Waals surface area contributed by atoms with Gasteiger partial charge in [0, 0.05) is 10.9 Å². The molecule has 170 valence electrons. The molecule has 0 bridgehead atoms. The molecule has 0 aliphatic heterocycles. The molecule has 0 aliphatic carbocycles. The molecule has 0 spiro atoms. The zero-order chi connectivity index (χ0) is 22.9. The molecule has 0 unspecified atom stereocenters. The van der Waals surface area contributed by atoms with Crippen LogP contribution in [0.2, 0.25) is 0 Å². The maximum Gasteiger partial charge on any atom is 0.269 e. The molecule has 8 nitrogen and oxygen atoms in total. The van der Waals surface area contributed by atoms with Gasteiger partial charge in [0.2, 0.25) is 11.7 Å². The Hall–Kier alpha value is -3.11. The quantitative estimate of drug-likeness (QED) is 0.429. The van der Waals surface area contributed by atoms with Crippen molar-refractivity contribution in [3.05, 3.63) is 46.3 Å². The summed E-state index contributed by atoms with van der Waals surface area (Å²) in [6.07, 6.45) is 0.0554. The molecule has 0 radical (unpaired) electrons. The number of amides is 2. The highest BCUT2D eigenvalue weighted by Crippen LogP contribution is 2.39. The van der Waals surface area contributed by atoms with E-state index in [0.717, 1.165) is 9.88 Å². The Labute approximate surface area is 194 Å². The van der Waals surface area contributed by atoms with Crippen LogP contribution in [0.15, 0.2) is 35.0 Å². The van der Waals surface area contributed by atoms with Gasteiger partial charge in [-0.1, -0.05) is 6.07 Å². The van der Waals surface area contributed by atoms with Crippen molar-refractivity contribution in [1.29, 1.82) is 0 Å². The third-order valence-electron chi connectivity index (χ3n) is 4.11. The normalized spacial score (nSPS) is 10.5. The van der Waals surface area contributed by atoms with Crippen molar-refractivity contribution >= 4 is 34.5 Å². The number of thiophene rings is 1. The third kappa shape index (κ3) is 5.98. The molecule has 2 amide bonds. The van der Waals surface area contributed by atoms with Crippen molar-refractivity contribution in [2.45, 2.75) is 27.2 Å². The lowest BCUT2D eigenvalue weighted by molar-refractivity contribution is -0.121. The van der Waals surface area contributed by atoms with Gasteiger partial charge in [-0.3, -0.25) is 20.4 Å². The van der Waals surface area contributed by atoms with E-state index in [0.29, 0.717) is 42.8 Å². The molecule has 0 atom stereocenters. The molecule has 0 aliphatic rings. The van der Waals surface area contributed by atoms with Gasteiger partial charge in [0.1, 0.15) is 5.01 Å². The maximum atomic E-state index is 12.7. The number of thiazole rings is 1. The van der Waals surface area contributed by atoms with Crippen LogP contribution < -0.4 is 25.1 Å². The zero-order valence-corrected chi connectivity index (χ0v) is 19.7. The first-order chi connectivity index (χ1) is 15.5. The number of hydrogen-bond donors (Lipinski definition) is 2. The fraction of sp³-hybridized carbons (Fsp3) is 0.318. The Balaban J connectivity index is 1.65. The van der Waals surface area contributed by atoms with E-state index >= 15 is 0 Å². The Kier molecular flexibility index (Phi) is 8.46. The lowest BCUT2D eigenvalue weighted by Gasteiger charge is -2.17. The monoisotopic (exact) mass is 475 g/mol. The van der Waals surface area contributed by atoms with Crippen LogP contribution in [0.3, 0.4) is 0 Å². The smallest absolute Gasteiger partial charge is 0.269 e. The summed E-state index contributed by atoms with van der Waals surface area (Å²) in [5, 5.41) is 4.69. The van der Waals surface area contributed by atoms with Gasteiger partial charge in [0.05, 0.1) is 36.8 Å². The van der Waals surface area contributed by atoms with Gasteiger partial charge in [0.15, 0.2) is 11.5 Å². The van der Waals surface area contributed by atoms with Crippen LogP contribution in [0.25, 0.3) is 9.88 Å². The second kappa shape index (κ2) is 11.5. The molecule has 3 rings (SSSR count). The number of nitrogens with zero attached hydrogens (tertiary/aromatic N) is 1. The van der Waals surface area contributed by atoms with E-state index in [2.05, 4.69) is 15.8 Å². The molecular formula is C22H25N3O5S2. The minimum absolute atomic E-state index is 0.0554. The molecule has 0 saturated heterocycles. The molecule has 3 aromatic rings. The first-order valence-corrected chi connectivity index (χ1v) is 11.9. The van der Waals surface area contributed by atoms with Crippen molar-refractivity contribution in [2.75, 3.05) is 19.8 Å². The predicted molar refractivity (Wildman–Crippen MR) is 125 cm³/mol. The summed E-state index contributed by atoms with van der Waals surface area (Å²) < 4.78 is 16.9. The number of ether oxygens (including phenoxy) is 3. The van der Waals surface area contributed by atoms with Crippen LogP contribution in [-0.4, -0.2) is 36.6 Å². The molecule has 0 saturated carbocycles. The molecule has 0 fully saturated rings. The SMILES string of the molecule is CCOc1cc(C(=O)NNC(=O)Cc2csc(-c3cccs3)n2)cc(OCC)c1OCC. The average molecular weight is 476 g/mol. The summed E-state index contributed by atoms with van der Waals surface area (Å²) in [4.78, 5) is 30.5. The number of hydrogen-bond acceptors (Lipinski definition) is 8. The summed E-state index contributed by atoms with van der Waals surface area (Å²) >= 11 is 3.07.